The minimum absolute atomic E-state index is 0.224. The van der Waals surface area contributed by atoms with Crippen LogP contribution in [0.3, 0.4) is 0 Å². The van der Waals surface area contributed by atoms with Crippen molar-refractivity contribution >= 4 is 17.2 Å². The first-order valence-corrected chi connectivity index (χ1v) is 3.79. The summed E-state index contributed by atoms with van der Waals surface area (Å²) in [6.45, 7) is 0. The van der Waals surface area contributed by atoms with Crippen LogP contribution in [0.25, 0.3) is 5.52 Å². The second-order valence-corrected chi connectivity index (χ2v) is 2.74. The van der Waals surface area contributed by atoms with Crippen LogP contribution in [0.2, 0.25) is 0 Å². The standard InChI is InChI=1S/C9H8N2O2/c10-6-2-1-5-11-7(6)3-4-8(11)9(12)13/h1-5H,10H2,(H,12,13). The maximum Gasteiger partial charge on any atom is 0.352 e. The number of pyridine rings is 1. The molecule has 3 N–H and O–H groups in total. The van der Waals surface area contributed by atoms with Crippen LogP contribution < -0.4 is 5.73 Å². The van der Waals surface area contributed by atoms with Gasteiger partial charge in [-0.05, 0) is 24.3 Å². The van der Waals surface area contributed by atoms with Gasteiger partial charge in [0.1, 0.15) is 5.69 Å². The molecule has 0 amide bonds. The molecule has 0 bridgehead atoms. The molecule has 0 saturated heterocycles. The molecule has 2 heterocycles. The summed E-state index contributed by atoms with van der Waals surface area (Å²) >= 11 is 0. The maximum absolute atomic E-state index is 10.7. The monoisotopic (exact) mass is 176 g/mol. The van der Waals surface area contributed by atoms with Crippen molar-refractivity contribution in [2.24, 2.45) is 0 Å². The zero-order valence-electron chi connectivity index (χ0n) is 6.77. The zero-order valence-corrected chi connectivity index (χ0v) is 6.77. The number of hydrogen-bond acceptors (Lipinski definition) is 2. The quantitative estimate of drug-likeness (QED) is 0.686. The van der Waals surface area contributed by atoms with Crippen molar-refractivity contribution in [3.63, 3.8) is 0 Å². The Labute approximate surface area is 74.2 Å². The van der Waals surface area contributed by atoms with E-state index in [0.29, 0.717) is 5.69 Å². The van der Waals surface area contributed by atoms with Gasteiger partial charge in [-0.25, -0.2) is 4.79 Å². The predicted octanol–water partition coefficient (Wildman–Crippen LogP) is 1.22. The molecule has 2 aromatic heterocycles. The molecule has 4 heteroatoms. The molecule has 0 unspecified atom stereocenters. The van der Waals surface area contributed by atoms with Crippen LogP contribution in [0.4, 0.5) is 5.69 Å². The van der Waals surface area contributed by atoms with Crippen molar-refractivity contribution in [2.45, 2.75) is 0 Å². The highest BCUT2D eigenvalue weighted by Gasteiger charge is 2.08. The third-order valence-electron chi connectivity index (χ3n) is 1.94. The molecule has 0 fully saturated rings. The number of hydrogen-bond donors (Lipinski definition) is 2. The maximum atomic E-state index is 10.7. The number of nitrogen functional groups attached to an aromatic ring is 1. The van der Waals surface area contributed by atoms with Crippen molar-refractivity contribution in [1.29, 1.82) is 0 Å². The number of aromatic nitrogens is 1. The molecule has 0 spiro atoms. The number of nitrogens with zero attached hydrogens (tertiary/aromatic N) is 1. The largest absolute Gasteiger partial charge is 0.477 e. The molecule has 0 saturated carbocycles. The number of carbonyl (C=O) groups is 1. The molecule has 0 aliphatic rings. The van der Waals surface area contributed by atoms with Crippen LogP contribution in [-0.4, -0.2) is 15.5 Å². The molecule has 13 heavy (non-hydrogen) atoms. The number of anilines is 1. The van der Waals surface area contributed by atoms with Crippen LogP contribution in [0, 0.1) is 0 Å². The molecule has 4 nitrogen and oxygen atoms in total. The second kappa shape index (κ2) is 2.52. The number of nitrogens with two attached hydrogens (primary N) is 1. The summed E-state index contributed by atoms with van der Waals surface area (Å²) in [5.41, 5.74) is 7.18. The molecule has 0 atom stereocenters. The van der Waals surface area contributed by atoms with Gasteiger partial charge in [-0.3, -0.25) is 0 Å². The summed E-state index contributed by atoms with van der Waals surface area (Å²) < 4.78 is 1.55. The summed E-state index contributed by atoms with van der Waals surface area (Å²) in [5.74, 6) is -0.953. The number of fused-ring (bicyclic) bond motifs is 1. The number of carboxylic acid groups (broad SMARTS) is 1. The van der Waals surface area contributed by atoms with E-state index in [0.717, 1.165) is 5.52 Å². The topological polar surface area (TPSA) is 67.7 Å². The lowest BCUT2D eigenvalue weighted by molar-refractivity contribution is 0.0689. The molecule has 66 valence electrons. The molecule has 0 aromatic carbocycles. The smallest absolute Gasteiger partial charge is 0.352 e. The first kappa shape index (κ1) is 7.67. The van der Waals surface area contributed by atoms with Crippen molar-refractivity contribution < 1.29 is 9.90 Å². The SMILES string of the molecule is Nc1cccn2c(C(=O)O)ccc12. The highest BCUT2D eigenvalue weighted by molar-refractivity contribution is 5.89. The fourth-order valence-electron chi connectivity index (χ4n) is 1.34. The lowest BCUT2D eigenvalue weighted by atomic mass is 10.3. The zero-order chi connectivity index (χ0) is 9.42. The van der Waals surface area contributed by atoms with Gasteiger partial charge < -0.3 is 15.2 Å². The van der Waals surface area contributed by atoms with Gasteiger partial charge in [0, 0.05) is 6.20 Å². The van der Waals surface area contributed by atoms with Gasteiger partial charge in [0.15, 0.2) is 0 Å². The number of carboxylic acids is 1. The molecule has 0 radical (unpaired) electrons. The minimum Gasteiger partial charge on any atom is -0.477 e. The van der Waals surface area contributed by atoms with Crippen LogP contribution in [0.15, 0.2) is 30.5 Å². The molecule has 0 aliphatic heterocycles. The predicted molar refractivity (Wildman–Crippen MR) is 48.8 cm³/mol. The van der Waals surface area contributed by atoms with E-state index in [2.05, 4.69) is 0 Å². The van der Waals surface area contributed by atoms with Gasteiger partial charge in [0.25, 0.3) is 0 Å². The average Bonchev–Trinajstić information content (AvgIpc) is 2.48. The number of rotatable bonds is 1. The Hall–Kier alpha value is -1.97. The Bertz CT molecular complexity index is 473. The van der Waals surface area contributed by atoms with Crippen molar-refractivity contribution in [3.8, 4) is 0 Å². The van der Waals surface area contributed by atoms with E-state index in [1.165, 1.54) is 6.07 Å². The Morgan fingerprint density at radius 1 is 1.38 bits per heavy atom. The van der Waals surface area contributed by atoms with Crippen molar-refractivity contribution in [3.05, 3.63) is 36.2 Å². The number of aromatic carboxylic acids is 1. The summed E-state index contributed by atoms with van der Waals surface area (Å²) in [6.07, 6.45) is 1.68. The minimum atomic E-state index is -0.953. The Balaban J connectivity index is 2.83. The average molecular weight is 176 g/mol. The van der Waals surface area contributed by atoms with Crippen LogP contribution in [-0.2, 0) is 0 Å². The van der Waals surface area contributed by atoms with E-state index in [-0.39, 0.29) is 5.69 Å². The highest BCUT2D eigenvalue weighted by atomic mass is 16.4. The van der Waals surface area contributed by atoms with E-state index >= 15 is 0 Å². The van der Waals surface area contributed by atoms with E-state index in [4.69, 9.17) is 10.8 Å². The van der Waals surface area contributed by atoms with E-state index in [1.54, 1.807) is 28.8 Å². The Morgan fingerprint density at radius 3 is 2.85 bits per heavy atom. The van der Waals surface area contributed by atoms with Crippen LogP contribution in [0.5, 0.6) is 0 Å². The molecule has 2 aromatic rings. The second-order valence-electron chi connectivity index (χ2n) is 2.74. The summed E-state index contributed by atoms with van der Waals surface area (Å²) in [6, 6.07) is 6.68. The first-order chi connectivity index (χ1) is 6.20. The van der Waals surface area contributed by atoms with Crippen LogP contribution in [0.1, 0.15) is 10.5 Å². The van der Waals surface area contributed by atoms with Gasteiger partial charge >= 0.3 is 5.97 Å². The van der Waals surface area contributed by atoms with E-state index in [1.807, 2.05) is 0 Å². The van der Waals surface area contributed by atoms with Gasteiger partial charge in [0.05, 0.1) is 11.2 Å². The summed E-state index contributed by atoms with van der Waals surface area (Å²) in [7, 11) is 0. The van der Waals surface area contributed by atoms with Crippen LogP contribution >= 0.6 is 0 Å². The van der Waals surface area contributed by atoms with Gasteiger partial charge in [-0.2, -0.15) is 0 Å². The molecular weight excluding hydrogens is 168 g/mol. The van der Waals surface area contributed by atoms with E-state index in [9.17, 15) is 4.79 Å². The molecular formula is C9H8N2O2. The molecule has 2 rings (SSSR count). The molecule has 0 aliphatic carbocycles. The normalized spacial score (nSPS) is 10.5. The lowest BCUT2D eigenvalue weighted by Crippen LogP contribution is -2.01. The third-order valence-corrected chi connectivity index (χ3v) is 1.94. The first-order valence-electron chi connectivity index (χ1n) is 3.79. The third kappa shape index (κ3) is 1.03. The fourth-order valence-corrected chi connectivity index (χ4v) is 1.34. The summed E-state index contributed by atoms with van der Waals surface area (Å²) in [5, 5.41) is 8.80. The fraction of sp³-hybridized carbons (Fsp3) is 0. The lowest BCUT2D eigenvalue weighted by Gasteiger charge is -1.99. The highest BCUT2D eigenvalue weighted by Crippen LogP contribution is 2.16. The summed E-state index contributed by atoms with van der Waals surface area (Å²) in [4.78, 5) is 10.7. The van der Waals surface area contributed by atoms with Gasteiger partial charge in [-0.15, -0.1) is 0 Å². The Morgan fingerprint density at radius 2 is 2.15 bits per heavy atom. The van der Waals surface area contributed by atoms with Gasteiger partial charge in [0.2, 0.25) is 0 Å². The van der Waals surface area contributed by atoms with E-state index < -0.39 is 5.97 Å². The van der Waals surface area contributed by atoms with Gasteiger partial charge in [-0.1, -0.05) is 0 Å². The van der Waals surface area contributed by atoms with Crippen molar-refractivity contribution in [2.75, 3.05) is 5.73 Å². The Kier molecular flexibility index (Phi) is 1.48. The van der Waals surface area contributed by atoms with Crippen molar-refractivity contribution in [1.82, 2.24) is 4.40 Å².